The molecule has 5 rings (SSSR count). The van der Waals surface area contributed by atoms with Crippen LogP contribution in [0.1, 0.15) is 68.6 Å². The van der Waals surface area contributed by atoms with Crippen LogP contribution in [-0.4, -0.2) is 37.0 Å². The number of nitrogens with one attached hydrogen (secondary N) is 3. The van der Waals surface area contributed by atoms with Gasteiger partial charge in [-0.3, -0.25) is 4.79 Å². The first-order chi connectivity index (χ1) is 21.9. The van der Waals surface area contributed by atoms with E-state index in [0.717, 1.165) is 21.3 Å². The number of thiazole rings is 1. The van der Waals surface area contributed by atoms with Crippen molar-refractivity contribution in [2.75, 3.05) is 5.32 Å². The molecular formula is C34H40N5O5S2. The van der Waals surface area contributed by atoms with E-state index in [-0.39, 0.29) is 22.8 Å². The predicted molar refractivity (Wildman–Crippen MR) is 181 cm³/mol. The normalized spacial score (nSPS) is 17.7. The molecule has 4 aromatic rings. The lowest BCUT2D eigenvalue weighted by Gasteiger charge is -2.29. The van der Waals surface area contributed by atoms with E-state index in [1.807, 2.05) is 69.3 Å². The summed E-state index contributed by atoms with van der Waals surface area (Å²) in [7, 11) is -4.02. The Morgan fingerprint density at radius 2 is 1.76 bits per heavy atom. The molecule has 5 N–H and O–H groups in total. The third-order valence-corrected chi connectivity index (χ3v) is 10.3. The van der Waals surface area contributed by atoms with Crippen molar-refractivity contribution in [3.05, 3.63) is 95.5 Å². The van der Waals surface area contributed by atoms with Crippen LogP contribution in [-0.2, 0) is 26.0 Å². The molecule has 0 spiro atoms. The van der Waals surface area contributed by atoms with Crippen LogP contribution in [0.25, 0.3) is 10.2 Å². The molecule has 12 heteroatoms. The van der Waals surface area contributed by atoms with Crippen molar-refractivity contribution in [3.8, 4) is 0 Å². The van der Waals surface area contributed by atoms with Crippen molar-refractivity contribution in [1.82, 2.24) is 15.0 Å². The second-order valence-corrected chi connectivity index (χ2v) is 15.3. The fourth-order valence-corrected chi connectivity index (χ4v) is 7.83. The van der Waals surface area contributed by atoms with Gasteiger partial charge in [-0.25, -0.2) is 22.9 Å². The number of nitrogens with zero attached hydrogens (tertiary/aromatic N) is 1. The Labute approximate surface area is 274 Å². The molecule has 46 heavy (non-hydrogen) atoms. The van der Waals surface area contributed by atoms with Gasteiger partial charge in [-0.05, 0) is 94.3 Å². The lowest BCUT2D eigenvalue weighted by atomic mass is 9.85. The van der Waals surface area contributed by atoms with Gasteiger partial charge in [-0.1, -0.05) is 42.5 Å². The van der Waals surface area contributed by atoms with E-state index >= 15 is 0 Å². The minimum atomic E-state index is -4.02. The zero-order valence-electron chi connectivity index (χ0n) is 26.2. The highest BCUT2D eigenvalue weighted by atomic mass is 32.2. The number of rotatable bonds is 10. The van der Waals surface area contributed by atoms with Crippen LogP contribution in [0.3, 0.4) is 0 Å². The van der Waals surface area contributed by atoms with Crippen LogP contribution >= 0.6 is 11.3 Å². The number of anilines is 1. The van der Waals surface area contributed by atoms with Gasteiger partial charge >= 0.3 is 6.09 Å². The van der Waals surface area contributed by atoms with Crippen LogP contribution in [0.4, 0.5) is 10.5 Å². The molecule has 3 aromatic carbocycles. The molecule has 1 fully saturated rings. The zero-order valence-corrected chi connectivity index (χ0v) is 27.8. The van der Waals surface area contributed by atoms with Gasteiger partial charge in [0.25, 0.3) is 0 Å². The zero-order chi connectivity index (χ0) is 32.9. The minimum Gasteiger partial charge on any atom is -0.444 e. The number of ether oxygens (including phenoxy) is 1. The molecule has 1 saturated carbocycles. The summed E-state index contributed by atoms with van der Waals surface area (Å²) in [5.41, 5.74) is 8.08. The van der Waals surface area contributed by atoms with Crippen molar-refractivity contribution in [1.29, 1.82) is 0 Å². The fraction of sp³-hybridized carbons (Fsp3) is 0.353. The molecule has 1 radical (unpaired) electrons. The summed E-state index contributed by atoms with van der Waals surface area (Å²) in [6.45, 7) is 6.94. The topological polar surface area (TPSA) is 153 Å². The van der Waals surface area contributed by atoms with Gasteiger partial charge in [0.2, 0.25) is 15.9 Å². The maximum absolute atomic E-state index is 13.8. The highest BCUT2D eigenvalue weighted by Gasteiger charge is 2.29. The number of hydrogen-bond acceptors (Lipinski definition) is 8. The molecule has 0 saturated heterocycles. The van der Waals surface area contributed by atoms with Crippen LogP contribution in [0.5, 0.6) is 0 Å². The average molecular weight is 663 g/mol. The number of para-hydroxylation sites is 1. The average Bonchev–Trinajstić information content (AvgIpc) is 3.45. The Morgan fingerprint density at radius 3 is 2.48 bits per heavy atom. The number of fused-ring (bicyclic) bond motifs is 1. The van der Waals surface area contributed by atoms with Gasteiger partial charge in [0.1, 0.15) is 10.6 Å². The third-order valence-electron chi connectivity index (χ3n) is 7.72. The third kappa shape index (κ3) is 8.91. The van der Waals surface area contributed by atoms with Crippen molar-refractivity contribution in [2.24, 2.45) is 11.7 Å². The van der Waals surface area contributed by atoms with Gasteiger partial charge < -0.3 is 21.1 Å². The highest BCUT2D eigenvalue weighted by molar-refractivity contribution is 7.89. The molecule has 10 nitrogen and oxygen atoms in total. The molecule has 1 unspecified atom stereocenters. The molecular weight excluding hydrogens is 623 g/mol. The van der Waals surface area contributed by atoms with E-state index in [1.54, 1.807) is 12.1 Å². The van der Waals surface area contributed by atoms with Gasteiger partial charge in [-0.15, -0.1) is 11.3 Å². The molecule has 1 atom stereocenters. The summed E-state index contributed by atoms with van der Waals surface area (Å²) in [6, 6.07) is 20.9. The van der Waals surface area contributed by atoms with Gasteiger partial charge in [0, 0.05) is 24.2 Å². The number of carbonyl (C=O) groups is 2. The molecule has 2 amide bonds. The number of carbonyl (C=O) groups excluding carboxylic acids is 2. The Kier molecular flexibility index (Phi) is 10.4. The Morgan fingerprint density at radius 1 is 1.02 bits per heavy atom. The molecule has 1 heterocycles. The second kappa shape index (κ2) is 14.3. The number of sulfonamides is 1. The monoisotopic (exact) mass is 662 g/mol. The summed E-state index contributed by atoms with van der Waals surface area (Å²) < 4.78 is 36.7. The number of aromatic nitrogens is 1. The molecule has 1 aliphatic rings. The van der Waals surface area contributed by atoms with Crippen LogP contribution in [0.15, 0.2) is 77.7 Å². The predicted octanol–water partition coefficient (Wildman–Crippen LogP) is 6.05. The molecule has 0 bridgehead atoms. The number of amides is 2. The first kappa shape index (κ1) is 33.5. The smallest absolute Gasteiger partial charge is 0.407 e. The molecule has 1 aliphatic carbocycles. The summed E-state index contributed by atoms with van der Waals surface area (Å²) in [6.07, 6.45) is 2.39. The van der Waals surface area contributed by atoms with Gasteiger partial charge in [0.15, 0.2) is 0 Å². The summed E-state index contributed by atoms with van der Waals surface area (Å²) in [4.78, 5) is 30.0. The lowest BCUT2D eigenvalue weighted by Crippen LogP contribution is -2.42. The van der Waals surface area contributed by atoms with E-state index in [0.29, 0.717) is 42.8 Å². The van der Waals surface area contributed by atoms with E-state index in [2.05, 4.69) is 15.4 Å². The number of nitrogens with two attached hydrogens (primary N) is 1. The molecule has 0 aliphatic heterocycles. The Bertz CT molecular complexity index is 1760. The van der Waals surface area contributed by atoms with Crippen molar-refractivity contribution in [2.45, 2.75) is 75.5 Å². The molecule has 243 valence electrons. The maximum Gasteiger partial charge on any atom is 0.407 e. The van der Waals surface area contributed by atoms with Crippen LogP contribution in [0.2, 0.25) is 0 Å². The molecule has 1 aromatic heterocycles. The Balaban J connectivity index is 1.27. The van der Waals surface area contributed by atoms with E-state index < -0.39 is 27.8 Å². The standard InChI is InChI=1S/C34H40N5O5S2/c1-34(2,3)44-33(41)37-25-16-14-24(15-17-25)31(40)36-26-10-7-11-27(20-26)46(42,43)39-29(19-22-8-6-9-23(18-22)21-35)32-38-28-12-4-5-13-30(28)45-32/h4-13,18,20-21,24-25,29,39H,14-17,19,35H2,1-3H3,(H,36,40)(H,37,41). The lowest BCUT2D eigenvalue weighted by molar-refractivity contribution is -0.120. The van der Waals surface area contributed by atoms with E-state index in [1.165, 1.54) is 30.0 Å². The van der Waals surface area contributed by atoms with Gasteiger partial charge in [-0.2, -0.15) is 0 Å². The van der Waals surface area contributed by atoms with E-state index in [4.69, 9.17) is 15.5 Å². The fourth-order valence-electron chi connectivity index (χ4n) is 5.49. The van der Waals surface area contributed by atoms with Crippen molar-refractivity contribution < 1.29 is 22.7 Å². The quantitative estimate of drug-likeness (QED) is 0.161. The number of alkyl carbamates (subject to hydrolysis) is 1. The van der Waals surface area contributed by atoms with Crippen molar-refractivity contribution >= 4 is 49.3 Å². The summed E-state index contributed by atoms with van der Waals surface area (Å²) in [5.74, 6) is -0.429. The number of hydrogen-bond donors (Lipinski definition) is 4. The first-order valence-corrected chi connectivity index (χ1v) is 17.6. The number of benzene rings is 3. The van der Waals surface area contributed by atoms with E-state index in [9.17, 15) is 18.0 Å². The van der Waals surface area contributed by atoms with Crippen LogP contribution < -0.4 is 21.1 Å². The van der Waals surface area contributed by atoms with Crippen LogP contribution in [0, 0.1) is 12.5 Å². The maximum atomic E-state index is 13.8. The second-order valence-electron chi connectivity index (χ2n) is 12.5. The largest absolute Gasteiger partial charge is 0.444 e. The SMILES string of the molecule is CC(C)(C)OC(=O)NC1CCC(C(=O)Nc2cccc(S(=O)(=O)NC(Cc3cccc([CH]N)c3)c3nc4ccccc4s3)c2)CC1. The first-order valence-electron chi connectivity index (χ1n) is 15.3. The Hall–Kier alpha value is -3.84. The summed E-state index contributed by atoms with van der Waals surface area (Å²) in [5, 5.41) is 6.43. The highest BCUT2D eigenvalue weighted by Crippen LogP contribution is 2.31. The minimum absolute atomic E-state index is 0.0331. The summed E-state index contributed by atoms with van der Waals surface area (Å²) >= 11 is 1.45. The van der Waals surface area contributed by atoms with Crippen molar-refractivity contribution in [3.63, 3.8) is 0 Å². The van der Waals surface area contributed by atoms with Gasteiger partial charge in [0.05, 0.1) is 21.2 Å².